The molecule has 0 aliphatic carbocycles. The van der Waals surface area contributed by atoms with E-state index in [4.69, 9.17) is 16.6 Å². The zero-order chi connectivity index (χ0) is 22.0. The third-order valence-electron chi connectivity index (χ3n) is 4.97. The van der Waals surface area contributed by atoms with Gasteiger partial charge in [0.05, 0.1) is 34.0 Å². The minimum atomic E-state index is -0.110. The number of anilines is 1. The fraction of sp³-hybridized carbons (Fsp3) is 0.200. The van der Waals surface area contributed by atoms with Crippen LogP contribution in [0.15, 0.2) is 65.8 Å². The standard InChI is InChI=1S/C25H24ClN3OS/c1-16-8-9-21(20(26)13-16)27-24(30)15-31-25-28-22-6-4-5-7-23(22)29(25)14-19-11-17(2)10-18(3)12-19/h4-13H,14-15H2,1-3H3,(H,27,30). The van der Waals surface area contributed by atoms with Crippen LogP contribution in [0.1, 0.15) is 22.3 Å². The summed E-state index contributed by atoms with van der Waals surface area (Å²) in [5.41, 5.74) is 7.37. The zero-order valence-electron chi connectivity index (χ0n) is 17.8. The Kier molecular flexibility index (Phi) is 6.35. The van der Waals surface area contributed by atoms with E-state index in [9.17, 15) is 4.79 Å². The van der Waals surface area contributed by atoms with Crippen molar-refractivity contribution in [2.75, 3.05) is 11.1 Å². The van der Waals surface area contributed by atoms with E-state index in [1.165, 1.54) is 28.5 Å². The Morgan fingerprint density at radius 2 is 1.74 bits per heavy atom. The van der Waals surface area contributed by atoms with Crippen molar-refractivity contribution in [2.24, 2.45) is 0 Å². The molecule has 0 radical (unpaired) electrons. The van der Waals surface area contributed by atoms with Gasteiger partial charge >= 0.3 is 0 Å². The summed E-state index contributed by atoms with van der Waals surface area (Å²) < 4.78 is 2.18. The van der Waals surface area contributed by atoms with Gasteiger partial charge in [-0.25, -0.2) is 4.98 Å². The first kappa shape index (κ1) is 21.5. The lowest BCUT2D eigenvalue weighted by Crippen LogP contribution is -2.15. The molecule has 1 amide bonds. The van der Waals surface area contributed by atoms with E-state index in [1.807, 2.05) is 43.3 Å². The SMILES string of the molecule is Cc1cc(C)cc(Cn2c(SCC(=O)Nc3ccc(C)cc3Cl)nc3ccccc32)c1. The summed E-state index contributed by atoms with van der Waals surface area (Å²) in [5.74, 6) is 0.140. The molecule has 4 rings (SSSR count). The van der Waals surface area contributed by atoms with E-state index in [0.717, 1.165) is 21.8 Å². The van der Waals surface area contributed by atoms with Crippen LogP contribution in [-0.4, -0.2) is 21.2 Å². The highest BCUT2D eigenvalue weighted by atomic mass is 35.5. The van der Waals surface area contributed by atoms with Crippen LogP contribution in [0.5, 0.6) is 0 Å². The first-order chi connectivity index (χ1) is 14.9. The predicted octanol–water partition coefficient (Wildman–Crippen LogP) is 6.39. The fourth-order valence-corrected chi connectivity index (χ4v) is 4.79. The molecule has 1 heterocycles. The van der Waals surface area contributed by atoms with Gasteiger partial charge in [0.15, 0.2) is 5.16 Å². The van der Waals surface area contributed by atoms with E-state index >= 15 is 0 Å². The summed E-state index contributed by atoms with van der Waals surface area (Å²) in [4.78, 5) is 17.4. The third-order valence-corrected chi connectivity index (χ3v) is 6.26. The lowest BCUT2D eigenvalue weighted by molar-refractivity contribution is -0.113. The third kappa shape index (κ3) is 5.12. The number of hydrogen-bond acceptors (Lipinski definition) is 3. The normalized spacial score (nSPS) is 11.1. The molecule has 0 fully saturated rings. The number of nitrogens with one attached hydrogen (secondary N) is 1. The molecule has 1 aromatic heterocycles. The molecular weight excluding hydrogens is 426 g/mol. The molecule has 1 N–H and O–H groups in total. The maximum atomic E-state index is 12.6. The molecule has 0 bridgehead atoms. The smallest absolute Gasteiger partial charge is 0.234 e. The Balaban J connectivity index is 1.55. The van der Waals surface area contributed by atoms with E-state index in [1.54, 1.807) is 0 Å². The number of thioether (sulfide) groups is 1. The van der Waals surface area contributed by atoms with Crippen molar-refractivity contribution in [3.63, 3.8) is 0 Å². The summed E-state index contributed by atoms with van der Waals surface area (Å²) in [6, 6.07) is 20.2. The summed E-state index contributed by atoms with van der Waals surface area (Å²) in [6.07, 6.45) is 0. The van der Waals surface area contributed by atoms with Crippen LogP contribution in [0.2, 0.25) is 5.02 Å². The van der Waals surface area contributed by atoms with Crippen molar-refractivity contribution in [3.05, 3.63) is 87.9 Å². The topological polar surface area (TPSA) is 46.9 Å². The number of carbonyl (C=O) groups is 1. The first-order valence-electron chi connectivity index (χ1n) is 10.1. The van der Waals surface area contributed by atoms with Crippen LogP contribution in [0.25, 0.3) is 11.0 Å². The van der Waals surface area contributed by atoms with Crippen molar-refractivity contribution in [3.8, 4) is 0 Å². The summed E-state index contributed by atoms with van der Waals surface area (Å²) in [6.45, 7) is 6.89. The number of carbonyl (C=O) groups excluding carboxylic acids is 1. The quantitative estimate of drug-likeness (QED) is 0.347. The number of amides is 1. The highest BCUT2D eigenvalue weighted by Gasteiger charge is 2.14. The van der Waals surface area contributed by atoms with Crippen LogP contribution < -0.4 is 5.32 Å². The molecule has 0 unspecified atom stereocenters. The number of halogens is 1. The number of benzene rings is 3. The second kappa shape index (κ2) is 9.16. The highest BCUT2D eigenvalue weighted by molar-refractivity contribution is 7.99. The number of aryl methyl sites for hydroxylation is 3. The molecule has 0 spiro atoms. The molecular formula is C25H24ClN3OS. The zero-order valence-corrected chi connectivity index (χ0v) is 19.3. The Morgan fingerprint density at radius 3 is 2.48 bits per heavy atom. The highest BCUT2D eigenvalue weighted by Crippen LogP contribution is 2.27. The van der Waals surface area contributed by atoms with Gasteiger partial charge < -0.3 is 9.88 Å². The number of rotatable bonds is 6. The predicted molar refractivity (Wildman–Crippen MR) is 130 cm³/mol. The van der Waals surface area contributed by atoms with E-state index in [-0.39, 0.29) is 11.7 Å². The van der Waals surface area contributed by atoms with Crippen molar-refractivity contribution in [1.82, 2.24) is 9.55 Å². The Labute approximate surface area is 191 Å². The van der Waals surface area contributed by atoms with Crippen LogP contribution in [-0.2, 0) is 11.3 Å². The lowest BCUT2D eigenvalue weighted by atomic mass is 10.1. The summed E-state index contributed by atoms with van der Waals surface area (Å²) in [7, 11) is 0. The van der Waals surface area contributed by atoms with Gasteiger partial charge in [-0.05, 0) is 56.2 Å². The van der Waals surface area contributed by atoms with Gasteiger partial charge in [0.1, 0.15) is 0 Å². The number of fused-ring (bicyclic) bond motifs is 1. The van der Waals surface area contributed by atoms with Gasteiger partial charge in [-0.2, -0.15) is 0 Å². The minimum absolute atomic E-state index is 0.110. The second-order valence-corrected chi connectivity index (χ2v) is 9.14. The van der Waals surface area contributed by atoms with E-state index in [2.05, 4.69) is 48.0 Å². The van der Waals surface area contributed by atoms with Crippen LogP contribution in [0.4, 0.5) is 5.69 Å². The molecule has 158 valence electrons. The van der Waals surface area contributed by atoms with Crippen molar-refractivity contribution >= 4 is 46.0 Å². The van der Waals surface area contributed by atoms with Gasteiger partial charge in [-0.15, -0.1) is 0 Å². The molecule has 0 saturated heterocycles. The molecule has 4 aromatic rings. The van der Waals surface area contributed by atoms with Gasteiger partial charge in [0, 0.05) is 0 Å². The van der Waals surface area contributed by atoms with Crippen molar-refractivity contribution < 1.29 is 4.79 Å². The average molecular weight is 450 g/mol. The van der Waals surface area contributed by atoms with Crippen LogP contribution in [0.3, 0.4) is 0 Å². The van der Waals surface area contributed by atoms with Crippen LogP contribution in [0, 0.1) is 20.8 Å². The fourth-order valence-electron chi connectivity index (χ4n) is 3.70. The number of nitrogens with zero attached hydrogens (tertiary/aromatic N) is 2. The molecule has 0 aliphatic rings. The number of imidazole rings is 1. The van der Waals surface area contributed by atoms with E-state index < -0.39 is 0 Å². The number of para-hydroxylation sites is 2. The molecule has 3 aromatic carbocycles. The summed E-state index contributed by atoms with van der Waals surface area (Å²) in [5, 5.41) is 4.26. The Hall–Kier alpha value is -2.76. The van der Waals surface area contributed by atoms with Gasteiger partial charge in [-0.3, -0.25) is 4.79 Å². The molecule has 31 heavy (non-hydrogen) atoms. The monoisotopic (exact) mass is 449 g/mol. The Morgan fingerprint density at radius 1 is 1.00 bits per heavy atom. The average Bonchev–Trinajstić information content (AvgIpc) is 3.05. The maximum Gasteiger partial charge on any atom is 0.234 e. The first-order valence-corrected chi connectivity index (χ1v) is 11.5. The van der Waals surface area contributed by atoms with Crippen molar-refractivity contribution in [1.29, 1.82) is 0 Å². The lowest BCUT2D eigenvalue weighted by Gasteiger charge is -2.11. The maximum absolute atomic E-state index is 12.6. The van der Waals surface area contributed by atoms with Gasteiger partial charge in [0.25, 0.3) is 0 Å². The summed E-state index contributed by atoms with van der Waals surface area (Å²) >= 11 is 7.68. The largest absolute Gasteiger partial charge is 0.324 e. The molecule has 0 aliphatic heterocycles. The molecule has 0 saturated carbocycles. The number of aromatic nitrogens is 2. The minimum Gasteiger partial charge on any atom is -0.324 e. The number of hydrogen-bond donors (Lipinski definition) is 1. The van der Waals surface area contributed by atoms with Gasteiger partial charge in [-0.1, -0.05) is 70.9 Å². The molecule has 6 heteroatoms. The van der Waals surface area contributed by atoms with Crippen LogP contribution >= 0.6 is 23.4 Å². The second-order valence-electron chi connectivity index (χ2n) is 7.79. The Bertz CT molecular complexity index is 1240. The van der Waals surface area contributed by atoms with E-state index in [0.29, 0.717) is 17.3 Å². The van der Waals surface area contributed by atoms with Gasteiger partial charge in [0.2, 0.25) is 5.91 Å². The van der Waals surface area contributed by atoms with Crippen molar-refractivity contribution in [2.45, 2.75) is 32.5 Å². The molecule has 0 atom stereocenters. The molecule has 4 nitrogen and oxygen atoms in total.